The topological polar surface area (TPSA) is 68.8 Å². The molecule has 0 spiro atoms. The standard InChI is InChI=1S/C13H11N5S/c14-13(19)15-9-5-7-10(8-6-9)18-12-4-2-1-3-11(12)16-17-18/h1-8H,(H3,14,15,19). The highest BCUT2D eigenvalue weighted by molar-refractivity contribution is 7.80. The summed E-state index contributed by atoms with van der Waals surface area (Å²) in [5.74, 6) is 0. The van der Waals surface area contributed by atoms with Gasteiger partial charge in [-0.1, -0.05) is 17.3 Å². The number of hydrogen-bond acceptors (Lipinski definition) is 3. The number of nitrogens with one attached hydrogen (secondary N) is 1. The van der Waals surface area contributed by atoms with Crippen LogP contribution in [0.25, 0.3) is 16.7 Å². The van der Waals surface area contributed by atoms with Crippen LogP contribution in [0.3, 0.4) is 0 Å². The van der Waals surface area contributed by atoms with Gasteiger partial charge in [0, 0.05) is 5.69 Å². The Labute approximate surface area is 115 Å². The minimum absolute atomic E-state index is 0.249. The zero-order valence-electron chi connectivity index (χ0n) is 9.95. The summed E-state index contributed by atoms with van der Waals surface area (Å²) >= 11 is 4.79. The van der Waals surface area contributed by atoms with Gasteiger partial charge >= 0.3 is 0 Å². The van der Waals surface area contributed by atoms with Crippen LogP contribution in [0, 0.1) is 0 Å². The normalized spacial score (nSPS) is 10.5. The Balaban J connectivity index is 2.00. The van der Waals surface area contributed by atoms with Crippen LogP contribution in [-0.4, -0.2) is 20.1 Å². The van der Waals surface area contributed by atoms with E-state index >= 15 is 0 Å². The summed E-state index contributed by atoms with van der Waals surface area (Å²) < 4.78 is 1.79. The van der Waals surface area contributed by atoms with E-state index in [0.29, 0.717) is 0 Å². The zero-order valence-corrected chi connectivity index (χ0v) is 10.8. The fourth-order valence-electron chi connectivity index (χ4n) is 1.89. The summed E-state index contributed by atoms with van der Waals surface area (Å²) in [6, 6.07) is 15.5. The summed E-state index contributed by atoms with van der Waals surface area (Å²) in [5.41, 5.74) is 9.04. The molecule has 6 heteroatoms. The minimum atomic E-state index is 0.249. The van der Waals surface area contributed by atoms with E-state index in [2.05, 4.69) is 15.6 Å². The van der Waals surface area contributed by atoms with Gasteiger partial charge in [-0.15, -0.1) is 5.10 Å². The van der Waals surface area contributed by atoms with Crippen LogP contribution in [0.15, 0.2) is 48.5 Å². The predicted molar refractivity (Wildman–Crippen MR) is 79.3 cm³/mol. The Morgan fingerprint density at radius 2 is 1.84 bits per heavy atom. The van der Waals surface area contributed by atoms with Gasteiger partial charge in [-0.25, -0.2) is 4.68 Å². The Hall–Kier alpha value is -2.47. The maximum Gasteiger partial charge on any atom is 0.168 e. The lowest BCUT2D eigenvalue weighted by Gasteiger charge is -2.05. The minimum Gasteiger partial charge on any atom is -0.376 e. The molecule has 0 radical (unpaired) electrons. The first kappa shape index (κ1) is 11.6. The lowest BCUT2D eigenvalue weighted by molar-refractivity contribution is 0.824. The van der Waals surface area contributed by atoms with Gasteiger partial charge in [-0.2, -0.15) is 0 Å². The van der Waals surface area contributed by atoms with Crippen LogP contribution in [0.5, 0.6) is 0 Å². The molecule has 94 valence electrons. The third-order valence-corrected chi connectivity index (χ3v) is 2.83. The van der Waals surface area contributed by atoms with Crippen LogP contribution in [0.4, 0.5) is 5.69 Å². The third-order valence-electron chi connectivity index (χ3n) is 2.73. The number of hydrogen-bond donors (Lipinski definition) is 2. The highest BCUT2D eigenvalue weighted by Gasteiger charge is 2.05. The molecule has 0 aliphatic carbocycles. The average molecular weight is 269 g/mol. The van der Waals surface area contributed by atoms with E-state index in [1.807, 2.05) is 48.5 Å². The molecule has 0 fully saturated rings. The second-order valence-electron chi connectivity index (χ2n) is 4.03. The van der Waals surface area contributed by atoms with Crippen molar-refractivity contribution in [3.63, 3.8) is 0 Å². The van der Waals surface area contributed by atoms with E-state index in [9.17, 15) is 0 Å². The fraction of sp³-hybridized carbons (Fsp3) is 0. The molecule has 0 bridgehead atoms. The molecule has 1 aromatic heterocycles. The van der Waals surface area contributed by atoms with Crippen LogP contribution in [0.2, 0.25) is 0 Å². The maximum atomic E-state index is 5.42. The van der Waals surface area contributed by atoms with Gasteiger partial charge in [0.05, 0.1) is 11.2 Å². The molecule has 1 heterocycles. The quantitative estimate of drug-likeness (QED) is 0.697. The van der Waals surface area contributed by atoms with Gasteiger partial charge in [0.25, 0.3) is 0 Å². The van der Waals surface area contributed by atoms with Crippen molar-refractivity contribution in [3.8, 4) is 5.69 Å². The molecule has 0 aliphatic heterocycles. The Morgan fingerprint density at radius 1 is 1.11 bits per heavy atom. The Morgan fingerprint density at radius 3 is 2.58 bits per heavy atom. The lowest BCUT2D eigenvalue weighted by atomic mass is 10.2. The summed E-state index contributed by atoms with van der Waals surface area (Å²) in [5, 5.41) is 11.4. The van der Waals surface area contributed by atoms with Crippen molar-refractivity contribution in [2.45, 2.75) is 0 Å². The molecule has 5 nitrogen and oxygen atoms in total. The van der Waals surface area contributed by atoms with Crippen LogP contribution in [0.1, 0.15) is 0 Å². The Kier molecular flexibility index (Phi) is 2.85. The number of fused-ring (bicyclic) bond motifs is 1. The Bertz CT molecular complexity index is 732. The molecule has 19 heavy (non-hydrogen) atoms. The SMILES string of the molecule is NC(=S)Nc1ccc(-n2nnc3ccccc32)cc1. The monoisotopic (exact) mass is 269 g/mol. The molecule has 0 saturated carbocycles. The van der Waals surface area contributed by atoms with Gasteiger partial charge in [-0.3, -0.25) is 0 Å². The summed E-state index contributed by atoms with van der Waals surface area (Å²) in [4.78, 5) is 0. The first-order valence-corrected chi connectivity index (χ1v) is 6.12. The largest absolute Gasteiger partial charge is 0.376 e. The second-order valence-corrected chi connectivity index (χ2v) is 4.47. The van der Waals surface area contributed by atoms with Crippen LogP contribution >= 0.6 is 12.2 Å². The number of rotatable bonds is 2. The second kappa shape index (κ2) is 4.66. The highest BCUT2D eigenvalue weighted by Crippen LogP contribution is 2.17. The summed E-state index contributed by atoms with van der Waals surface area (Å²) in [7, 11) is 0. The summed E-state index contributed by atoms with van der Waals surface area (Å²) in [6.45, 7) is 0. The molecule has 0 atom stereocenters. The number of para-hydroxylation sites is 1. The molecular weight excluding hydrogens is 258 g/mol. The maximum absolute atomic E-state index is 5.42. The average Bonchev–Trinajstić information content (AvgIpc) is 2.83. The number of benzene rings is 2. The van der Waals surface area contributed by atoms with Crippen molar-refractivity contribution in [3.05, 3.63) is 48.5 Å². The molecule has 0 amide bonds. The number of nitrogens with zero attached hydrogens (tertiary/aromatic N) is 3. The van der Waals surface area contributed by atoms with Crippen molar-refractivity contribution < 1.29 is 0 Å². The van der Waals surface area contributed by atoms with Crippen molar-refractivity contribution >= 4 is 34.1 Å². The van der Waals surface area contributed by atoms with Gasteiger partial charge in [0.15, 0.2) is 5.11 Å². The molecule has 3 N–H and O–H groups in total. The predicted octanol–water partition coefficient (Wildman–Crippen LogP) is 2.08. The van der Waals surface area contributed by atoms with Crippen molar-refractivity contribution in [1.82, 2.24) is 15.0 Å². The first-order chi connectivity index (χ1) is 9.24. The molecule has 3 aromatic rings. The number of thiocarbonyl (C=S) groups is 1. The molecule has 3 rings (SSSR count). The molecule has 0 unspecified atom stereocenters. The van der Waals surface area contributed by atoms with Gasteiger partial charge in [-0.05, 0) is 48.6 Å². The smallest absolute Gasteiger partial charge is 0.168 e. The van der Waals surface area contributed by atoms with Crippen LogP contribution < -0.4 is 11.1 Å². The number of aromatic nitrogens is 3. The van der Waals surface area contributed by atoms with Gasteiger partial charge in [0.2, 0.25) is 0 Å². The van der Waals surface area contributed by atoms with Gasteiger partial charge < -0.3 is 11.1 Å². The number of nitrogens with two attached hydrogens (primary N) is 1. The van der Waals surface area contributed by atoms with Crippen molar-refractivity contribution in [2.75, 3.05) is 5.32 Å². The third kappa shape index (κ3) is 2.25. The zero-order chi connectivity index (χ0) is 13.2. The van der Waals surface area contributed by atoms with E-state index in [4.69, 9.17) is 18.0 Å². The van der Waals surface area contributed by atoms with Crippen molar-refractivity contribution in [1.29, 1.82) is 0 Å². The van der Waals surface area contributed by atoms with E-state index in [-0.39, 0.29) is 5.11 Å². The number of anilines is 1. The molecular formula is C13H11N5S. The van der Waals surface area contributed by atoms with Crippen molar-refractivity contribution in [2.24, 2.45) is 5.73 Å². The van der Waals surface area contributed by atoms with Gasteiger partial charge in [0.1, 0.15) is 5.52 Å². The summed E-state index contributed by atoms with van der Waals surface area (Å²) in [6.07, 6.45) is 0. The first-order valence-electron chi connectivity index (χ1n) is 5.71. The van der Waals surface area contributed by atoms with E-state index in [1.54, 1.807) is 4.68 Å². The molecule has 0 saturated heterocycles. The molecule has 0 aliphatic rings. The van der Waals surface area contributed by atoms with E-state index in [1.165, 1.54) is 0 Å². The fourth-order valence-corrected chi connectivity index (χ4v) is 2.01. The van der Waals surface area contributed by atoms with E-state index < -0.39 is 0 Å². The highest BCUT2D eigenvalue weighted by atomic mass is 32.1. The lowest BCUT2D eigenvalue weighted by Crippen LogP contribution is -2.18. The molecule has 2 aromatic carbocycles. The van der Waals surface area contributed by atoms with E-state index in [0.717, 1.165) is 22.4 Å². The van der Waals surface area contributed by atoms with Crippen LogP contribution in [-0.2, 0) is 0 Å².